The maximum atomic E-state index is 9.23. The normalized spacial score (nSPS) is 15.0. The molecule has 1 fully saturated rings. The van der Waals surface area contributed by atoms with Gasteiger partial charge in [-0.05, 0) is 47.6 Å². The molecule has 2 aromatic carbocycles. The van der Waals surface area contributed by atoms with Crippen molar-refractivity contribution in [2.75, 3.05) is 7.11 Å². The third-order valence-corrected chi connectivity index (χ3v) is 5.17. The number of ether oxygens (including phenoxy) is 1. The molecule has 3 rings (SSSR count). The number of nitriles is 1. The molecule has 0 spiro atoms. The monoisotopic (exact) mass is 319 g/mol. The maximum absolute atomic E-state index is 9.23. The second-order valence-electron chi connectivity index (χ2n) is 6.77. The molecule has 0 amide bonds. The largest absolute Gasteiger partial charge is 0.495 e. The van der Waals surface area contributed by atoms with Crippen molar-refractivity contribution in [3.05, 3.63) is 53.6 Å². The van der Waals surface area contributed by atoms with E-state index in [1.165, 1.54) is 50.5 Å². The van der Waals surface area contributed by atoms with Crippen molar-refractivity contribution >= 4 is 0 Å². The Hall–Kier alpha value is -2.27. The van der Waals surface area contributed by atoms with Crippen molar-refractivity contribution in [3.63, 3.8) is 0 Å². The van der Waals surface area contributed by atoms with Gasteiger partial charge in [0, 0.05) is 0 Å². The summed E-state index contributed by atoms with van der Waals surface area (Å²) in [4.78, 5) is 0. The molecule has 0 saturated heterocycles. The van der Waals surface area contributed by atoms with E-state index in [1.54, 1.807) is 7.11 Å². The zero-order chi connectivity index (χ0) is 16.8. The Balaban J connectivity index is 1.67. The summed E-state index contributed by atoms with van der Waals surface area (Å²) in [5.41, 5.74) is 4.21. The average Bonchev–Trinajstić information content (AvgIpc) is 2.67. The van der Waals surface area contributed by atoms with Crippen LogP contribution in [-0.4, -0.2) is 7.11 Å². The van der Waals surface area contributed by atoms with Crippen LogP contribution in [0.1, 0.15) is 49.7 Å². The van der Waals surface area contributed by atoms with E-state index >= 15 is 0 Å². The smallest absolute Gasteiger partial charge is 0.136 e. The van der Waals surface area contributed by atoms with E-state index in [0.29, 0.717) is 11.3 Å². The molecule has 2 heteroatoms. The van der Waals surface area contributed by atoms with Gasteiger partial charge < -0.3 is 4.74 Å². The number of hydrogen-bond donors (Lipinski definition) is 0. The van der Waals surface area contributed by atoms with Gasteiger partial charge in [0.25, 0.3) is 0 Å². The topological polar surface area (TPSA) is 33.0 Å². The van der Waals surface area contributed by atoms with Crippen molar-refractivity contribution in [2.24, 2.45) is 5.92 Å². The molecule has 2 nitrogen and oxygen atoms in total. The van der Waals surface area contributed by atoms with Gasteiger partial charge in [0.05, 0.1) is 12.7 Å². The van der Waals surface area contributed by atoms with E-state index in [9.17, 15) is 5.26 Å². The molecule has 0 atom stereocenters. The second kappa shape index (κ2) is 8.02. The quantitative estimate of drug-likeness (QED) is 0.703. The molecule has 0 aliphatic heterocycles. The van der Waals surface area contributed by atoms with Gasteiger partial charge in [-0.15, -0.1) is 0 Å². The van der Waals surface area contributed by atoms with Crippen molar-refractivity contribution in [3.8, 4) is 22.9 Å². The average molecular weight is 319 g/mol. The van der Waals surface area contributed by atoms with Crippen LogP contribution in [0.4, 0.5) is 0 Å². The van der Waals surface area contributed by atoms with E-state index in [4.69, 9.17) is 4.74 Å². The summed E-state index contributed by atoms with van der Waals surface area (Å²) < 4.78 is 5.21. The van der Waals surface area contributed by atoms with Gasteiger partial charge in [0.2, 0.25) is 0 Å². The summed E-state index contributed by atoms with van der Waals surface area (Å²) in [6.45, 7) is 0. The van der Waals surface area contributed by atoms with Crippen LogP contribution in [0.15, 0.2) is 42.5 Å². The highest BCUT2D eigenvalue weighted by molar-refractivity contribution is 5.67. The van der Waals surface area contributed by atoms with E-state index in [0.717, 1.165) is 17.0 Å². The summed E-state index contributed by atoms with van der Waals surface area (Å²) >= 11 is 0. The Bertz CT molecular complexity index is 706. The number of hydrogen-bond acceptors (Lipinski definition) is 2. The summed E-state index contributed by atoms with van der Waals surface area (Å²) in [7, 11) is 1.59. The lowest BCUT2D eigenvalue weighted by Crippen LogP contribution is -2.07. The van der Waals surface area contributed by atoms with Gasteiger partial charge in [0.1, 0.15) is 11.8 Å². The first-order valence-electron chi connectivity index (χ1n) is 8.97. The molecular formula is C22H25NO. The lowest BCUT2D eigenvalue weighted by molar-refractivity contribution is 0.339. The number of methoxy groups -OCH3 is 1. The predicted octanol–water partition coefficient (Wildman–Crippen LogP) is 5.75. The highest BCUT2D eigenvalue weighted by Gasteiger charge is 2.13. The minimum atomic E-state index is 0.580. The summed E-state index contributed by atoms with van der Waals surface area (Å²) in [5, 5.41) is 9.23. The fraction of sp³-hybridized carbons (Fsp3) is 0.409. The van der Waals surface area contributed by atoms with Crippen molar-refractivity contribution in [1.29, 1.82) is 5.26 Å². The zero-order valence-corrected chi connectivity index (χ0v) is 14.4. The Labute approximate surface area is 145 Å². The van der Waals surface area contributed by atoms with Crippen LogP contribution < -0.4 is 4.74 Å². The Kier molecular flexibility index (Phi) is 5.54. The van der Waals surface area contributed by atoms with Crippen LogP contribution in [0.2, 0.25) is 0 Å². The molecule has 0 N–H and O–H groups in total. The van der Waals surface area contributed by atoms with Crippen molar-refractivity contribution < 1.29 is 4.74 Å². The third kappa shape index (κ3) is 3.97. The van der Waals surface area contributed by atoms with Gasteiger partial charge in [0.15, 0.2) is 0 Å². The molecule has 1 aliphatic rings. The molecular weight excluding hydrogens is 294 g/mol. The van der Waals surface area contributed by atoms with Crippen LogP contribution >= 0.6 is 0 Å². The summed E-state index contributed by atoms with van der Waals surface area (Å²) in [6.07, 6.45) is 9.60. The molecule has 0 aromatic heterocycles. The third-order valence-electron chi connectivity index (χ3n) is 5.17. The van der Waals surface area contributed by atoms with E-state index in [-0.39, 0.29) is 0 Å². The molecule has 0 bridgehead atoms. The van der Waals surface area contributed by atoms with Crippen LogP contribution in [0.3, 0.4) is 0 Å². The SMILES string of the molecule is COc1ccc(-c2ccc(CCC3CCCCC3)cc2)cc1C#N. The fourth-order valence-electron chi connectivity index (χ4n) is 3.69. The van der Waals surface area contributed by atoms with Crippen LogP contribution in [0.25, 0.3) is 11.1 Å². The van der Waals surface area contributed by atoms with E-state index in [1.807, 2.05) is 18.2 Å². The summed E-state index contributed by atoms with van der Waals surface area (Å²) in [6, 6.07) is 16.8. The van der Waals surface area contributed by atoms with E-state index < -0.39 is 0 Å². The molecule has 24 heavy (non-hydrogen) atoms. The minimum Gasteiger partial charge on any atom is -0.495 e. The van der Waals surface area contributed by atoms with Gasteiger partial charge in [-0.3, -0.25) is 0 Å². The number of nitrogens with zero attached hydrogens (tertiary/aromatic N) is 1. The predicted molar refractivity (Wildman–Crippen MR) is 98.0 cm³/mol. The Morgan fingerprint density at radius 2 is 1.71 bits per heavy atom. The maximum Gasteiger partial charge on any atom is 0.136 e. The minimum absolute atomic E-state index is 0.580. The Morgan fingerprint density at radius 3 is 2.38 bits per heavy atom. The van der Waals surface area contributed by atoms with Gasteiger partial charge in [-0.25, -0.2) is 0 Å². The first-order chi connectivity index (χ1) is 11.8. The Morgan fingerprint density at radius 1 is 1.00 bits per heavy atom. The van der Waals surface area contributed by atoms with Crippen molar-refractivity contribution in [2.45, 2.75) is 44.9 Å². The van der Waals surface area contributed by atoms with Crippen LogP contribution in [0, 0.1) is 17.2 Å². The molecule has 2 aromatic rings. The molecule has 0 heterocycles. The fourth-order valence-corrected chi connectivity index (χ4v) is 3.69. The van der Waals surface area contributed by atoms with E-state index in [2.05, 4.69) is 30.3 Å². The number of aryl methyl sites for hydroxylation is 1. The molecule has 1 aliphatic carbocycles. The van der Waals surface area contributed by atoms with Crippen LogP contribution in [0.5, 0.6) is 5.75 Å². The van der Waals surface area contributed by atoms with Gasteiger partial charge in [-0.1, -0.05) is 62.4 Å². The molecule has 0 unspecified atom stereocenters. The molecule has 0 radical (unpaired) electrons. The molecule has 1 saturated carbocycles. The highest BCUT2D eigenvalue weighted by Crippen LogP contribution is 2.29. The van der Waals surface area contributed by atoms with Crippen molar-refractivity contribution in [1.82, 2.24) is 0 Å². The first kappa shape index (κ1) is 16.6. The number of benzene rings is 2. The summed E-state index contributed by atoms with van der Waals surface area (Å²) in [5.74, 6) is 1.56. The number of rotatable bonds is 5. The lowest BCUT2D eigenvalue weighted by Gasteiger charge is -2.21. The first-order valence-corrected chi connectivity index (χ1v) is 8.97. The standard InChI is InChI=1S/C22H25NO/c1-24-22-14-13-20(15-21(22)16-23)19-11-9-18(10-12-19)8-7-17-5-3-2-4-6-17/h9-15,17H,2-8H2,1H3. The van der Waals surface area contributed by atoms with Gasteiger partial charge >= 0.3 is 0 Å². The lowest BCUT2D eigenvalue weighted by atomic mass is 9.85. The van der Waals surface area contributed by atoms with Crippen LogP contribution in [-0.2, 0) is 6.42 Å². The second-order valence-corrected chi connectivity index (χ2v) is 6.77. The zero-order valence-electron chi connectivity index (χ0n) is 14.4. The van der Waals surface area contributed by atoms with Gasteiger partial charge in [-0.2, -0.15) is 5.26 Å². The highest BCUT2D eigenvalue weighted by atomic mass is 16.5. The molecule has 124 valence electrons.